The van der Waals surface area contributed by atoms with Crippen LogP contribution in [0.2, 0.25) is 0 Å². The molecule has 0 unspecified atom stereocenters. The average molecular weight is 968 g/mol. The molecule has 0 saturated carbocycles. The summed E-state index contributed by atoms with van der Waals surface area (Å²) >= 11 is 0. The van der Waals surface area contributed by atoms with Crippen LogP contribution < -0.4 is 51.2 Å². The number of aliphatic hydroxyl groups excluding tert-OH is 2. The molecule has 69 heavy (non-hydrogen) atoms. The molecule has 0 aliphatic rings. The number of nitrogens with one attached hydrogen (secondary N) is 3. The summed E-state index contributed by atoms with van der Waals surface area (Å²) in [5.41, 5.74) is 13.4. The Balaban J connectivity index is 0.000000515. The molecule has 21 nitrogen and oxygen atoms in total. The van der Waals surface area contributed by atoms with Gasteiger partial charge in [0.25, 0.3) is 0 Å². The van der Waals surface area contributed by atoms with E-state index in [-0.39, 0.29) is 60.4 Å². The van der Waals surface area contributed by atoms with Crippen molar-refractivity contribution in [1.29, 1.82) is 0 Å². The van der Waals surface area contributed by atoms with E-state index in [0.29, 0.717) is 43.1 Å². The zero-order valence-electron chi connectivity index (χ0n) is 40.1. The third-order valence-electron chi connectivity index (χ3n) is 8.08. The van der Waals surface area contributed by atoms with Crippen molar-refractivity contribution in [3.63, 3.8) is 0 Å². The largest absolute Gasteiger partial charge is 1.00 e. The minimum atomic E-state index is -0.639. The number of halogens is 2. The summed E-state index contributed by atoms with van der Waals surface area (Å²) in [5.74, 6) is -2.33. The van der Waals surface area contributed by atoms with Gasteiger partial charge in [-0.1, -0.05) is 12.1 Å². The summed E-state index contributed by atoms with van der Waals surface area (Å²) in [6.45, 7) is 16.6. The van der Waals surface area contributed by atoms with Crippen molar-refractivity contribution < 1.29 is 82.2 Å². The number of rotatable bonds is 12. The van der Waals surface area contributed by atoms with Gasteiger partial charge in [-0.2, -0.15) is 20.2 Å². The van der Waals surface area contributed by atoms with Gasteiger partial charge >= 0.3 is 41.5 Å². The van der Waals surface area contributed by atoms with Crippen LogP contribution in [0.3, 0.4) is 0 Å². The van der Waals surface area contributed by atoms with Crippen molar-refractivity contribution in [2.24, 2.45) is 5.73 Å². The van der Waals surface area contributed by atoms with E-state index >= 15 is 0 Å². The molecule has 0 atom stereocenters. The topological polar surface area (TPSA) is 286 Å². The van der Waals surface area contributed by atoms with Gasteiger partial charge in [-0.3, -0.25) is 9.59 Å². The van der Waals surface area contributed by atoms with Crippen LogP contribution in [0.4, 0.5) is 32.1 Å². The second kappa shape index (κ2) is 31.5. The molecule has 6 aromatic rings. The molecule has 0 spiro atoms. The first-order chi connectivity index (χ1) is 32.2. The van der Waals surface area contributed by atoms with Crippen molar-refractivity contribution in [2.75, 3.05) is 36.9 Å². The molecule has 6 rings (SSSR count). The van der Waals surface area contributed by atoms with Gasteiger partial charge in [0.15, 0.2) is 29.6 Å². The number of hydrogen-bond acceptors (Lipinski definition) is 19. The van der Waals surface area contributed by atoms with Crippen molar-refractivity contribution in [1.82, 2.24) is 44.8 Å². The Morgan fingerprint density at radius 1 is 0.710 bits per heavy atom. The number of aromatic nitrogens is 8. The maximum absolute atomic E-state index is 14.3. The van der Waals surface area contributed by atoms with Gasteiger partial charge in [-0.15, -0.1) is 0 Å². The first kappa shape index (κ1) is 60.5. The second-order valence-corrected chi connectivity index (χ2v) is 14.3. The third-order valence-corrected chi connectivity index (χ3v) is 8.08. The van der Waals surface area contributed by atoms with Gasteiger partial charge in [0.2, 0.25) is 17.9 Å². The molecule has 0 bridgehead atoms. The van der Waals surface area contributed by atoms with Crippen LogP contribution in [0.1, 0.15) is 70.3 Å². The van der Waals surface area contributed by atoms with E-state index in [0.717, 1.165) is 71.1 Å². The Hall–Kier alpha value is -6.54. The molecular formula is C44H55BF2N12NaO9. The van der Waals surface area contributed by atoms with E-state index in [1.54, 1.807) is 13.1 Å². The zero-order valence-corrected chi connectivity index (χ0v) is 42.1. The van der Waals surface area contributed by atoms with E-state index < -0.39 is 29.5 Å². The summed E-state index contributed by atoms with van der Waals surface area (Å²) in [4.78, 5) is 64.2. The van der Waals surface area contributed by atoms with Gasteiger partial charge in [0.05, 0.1) is 42.6 Å². The number of aryl methyl sites for hydroxylation is 6. The molecule has 4 heterocycles. The summed E-state index contributed by atoms with van der Waals surface area (Å²) < 4.78 is 34.6. The van der Waals surface area contributed by atoms with Crippen LogP contribution >= 0.6 is 0 Å². The molecule has 3 radical (unpaired) electrons. The maximum Gasteiger partial charge on any atom is 1.00 e. The number of benzene rings is 2. The van der Waals surface area contributed by atoms with E-state index in [1.165, 1.54) is 22.5 Å². The maximum atomic E-state index is 14.3. The molecule has 2 aromatic carbocycles. The zero-order chi connectivity index (χ0) is 50.9. The van der Waals surface area contributed by atoms with Crippen molar-refractivity contribution in [3.8, 4) is 11.6 Å². The van der Waals surface area contributed by atoms with Crippen LogP contribution in [0.15, 0.2) is 61.2 Å². The van der Waals surface area contributed by atoms with Gasteiger partial charge in [0, 0.05) is 69.7 Å². The molecule has 0 fully saturated rings. The smallest absolute Gasteiger partial charge is 0.793 e. The summed E-state index contributed by atoms with van der Waals surface area (Å²) in [7, 11) is 4.32. The molecule has 363 valence electrons. The fraction of sp³-hybridized carbons (Fsp3) is 0.318. The van der Waals surface area contributed by atoms with Crippen molar-refractivity contribution >= 4 is 55.5 Å². The fourth-order valence-electron chi connectivity index (χ4n) is 5.40. The minimum Gasteiger partial charge on any atom is -0.793 e. The molecule has 0 amide bonds. The molecule has 7 N–H and O–H groups in total. The van der Waals surface area contributed by atoms with Crippen LogP contribution in [0.25, 0.3) is 11.6 Å². The number of carbonyl (C=O) groups is 4. The summed E-state index contributed by atoms with van der Waals surface area (Å²) in [5, 5.41) is 34.3. The number of anilines is 4. The van der Waals surface area contributed by atoms with Crippen molar-refractivity contribution in [2.45, 2.75) is 68.9 Å². The predicted molar refractivity (Wildman–Crippen MR) is 247 cm³/mol. The van der Waals surface area contributed by atoms with E-state index in [4.69, 9.17) is 15.9 Å². The molecule has 0 saturated heterocycles. The van der Waals surface area contributed by atoms with Gasteiger partial charge in [-0.05, 0) is 88.1 Å². The molecular weight excluding hydrogens is 912 g/mol. The molecule has 25 heteroatoms. The molecule has 4 aromatic heterocycles. The van der Waals surface area contributed by atoms with Gasteiger partial charge < -0.3 is 44.6 Å². The van der Waals surface area contributed by atoms with Crippen LogP contribution in [0, 0.1) is 53.2 Å². The fourth-order valence-corrected chi connectivity index (χ4v) is 5.40. The summed E-state index contributed by atoms with van der Waals surface area (Å²) in [6.07, 6.45) is 6.05. The van der Waals surface area contributed by atoms with Gasteiger partial charge in [-0.25, -0.2) is 47.5 Å². The Labute approximate surface area is 421 Å². The number of carbonyl (C=O) groups excluding carboxylic acids is 4. The number of aldehydes is 1. The van der Waals surface area contributed by atoms with Gasteiger partial charge in [0.1, 0.15) is 0 Å². The standard InChI is InChI=1S/C19H23FN6O.C17H16FN5O.C4H6O4.C2H3BO2.C2H7NO.Na/c1-12-6-13(2)8-16(7-12)23-19-22-10-17(20)18(24-19)26-11-15(14(3)25-26)9-21-4-5-27;1-10-4-11(2)6-14(5-10)20-17-19-7-15(18)16(21-17)23-8-13(9-24)12(3)22-23;1-3(5)7-8-4(2)6;1-2(4)5-3;3-1-2-4;/h6-8,10-11,21,27H,4-5,9H2,1-3H3,(H,22,23,24);4-9H,1-3H3,(H,19,20,21);1-2H3;1H3;4H,1-3H2;/q;;;-1;;+1. The number of aliphatic hydroxyl groups is 2. The quantitative estimate of drug-likeness (QED) is 0.0333. The second-order valence-electron chi connectivity index (χ2n) is 14.3. The summed E-state index contributed by atoms with van der Waals surface area (Å²) in [6, 6.07) is 12.0. The third kappa shape index (κ3) is 22.4. The van der Waals surface area contributed by atoms with Crippen LogP contribution in [0.5, 0.6) is 0 Å². The van der Waals surface area contributed by atoms with E-state index in [9.17, 15) is 28.0 Å². The average Bonchev–Trinajstić information content (AvgIpc) is 3.85. The van der Waals surface area contributed by atoms with Crippen LogP contribution in [-0.4, -0.2) is 108 Å². The number of nitrogens with two attached hydrogens (primary N) is 1. The monoisotopic (exact) mass is 967 g/mol. The van der Waals surface area contributed by atoms with E-state index in [2.05, 4.69) is 80.7 Å². The molecule has 0 aliphatic carbocycles. The first-order valence-electron chi connectivity index (χ1n) is 20.4. The normalized spacial score (nSPS) is 9.84. The number of nitrogens with zero attached hydrogens (tertiary/aromatic N) is 8. The predicted octanol–water partition coefficient (Wildman–Crippen LogP) is 1.44. The molecule has 0 aliphatic heterocycles. The first-order valence-corrected chi connectivity index (χ1v) is 20.4. The SMILES string of the molecule is CC(=O)OOC(C)=O.Cc1cc(C)cc(Nc2ncc(F)c(-n3cc(C=O)c(C)n3)n2)c1.Cc1cc(C)cc(Nc2ncc(F)c(-n3cc(CNCCO)c(C)n3)n2)c1.NCCO.[B-]OC(C)=O.[Na+]. The number of hydrogen-bond donors (Lipinski definition) is 6. The Bertz CT molecular complexity index is 2550. The van der Waals surface area contributed by atoms with Crippen LogP contribution in [-0.2, 0) is 35.4 Å². The Kier molecular flexibility index (Phi) is 27.6. The van der Waals surface area contributed by atoms with Crippen molar-refractivity contribution in [3.05, 3.63) is 118 Å². The van der Waals surface area contributed by atoms with E-state index in [1.807, 2.05) is 58.9 Å². The Morgan fingerprint density at radius 2 is 1.12 bits per heavy atom. The Morgan fingerprint density at radius 3 is 1.46 bits per heavy atom. The minimum absolute atomic E-state index is 0.